The molecular formula is C22H16BrNO. The average molecular weight is 390 g/mol. The normalized spacial score (nSPS) is 11.6. The van der Waals surface area contributed by atoms with E-state index < -0.39 is 0 Å². The van der Waals surface area contributed by atoms with E-state index in [1.165, 1.54) is 10.9 Å². The summed E-state index contributed by atoms with van der Waals surface area (Å²) in [6.45, 7) is 0. The van der Waals surface area contributed by atoms with E-state index >= 15 is 0 Å². The number of fused-ring (bicyclic) bond motifs is 3. The fraction of sp³-hybridized carbons (Fsp3) is 0.0455. The molecule has 0 aliphatic heterocycles. The summed E-state index contributed by atoms with van der Waals surface area (Å²) in [5.41, 5.74) is 4.02. The molecule has 0 bridgehead atoms. The Balaban J connectivity index is 1.72. The molecule has 0 aliphatic carbocycles. The number of hydrogen-bond donors (Lipinski definition) is 0. The van der Waals surface area contributed by atoms with Crippen LogP contribution in [0.15, 0.2) is 77.3 Å². The van der Waals surface area contributed by atoms with Gasteiger partial charge in [-0.25, -0.2) is 0 Å². The maximum absolute atomic E-state index is 12.6. The Labute approximate surface area is 154 Å². The van der Waals surface area contributed by atoms with Crippen LogP contribution in [0, 0.1) is 0 Å². The van der Waals surface area contributed by atoms with E-state index in [0.29, 0.717) is 5.56 Å². The van der Waals surface area contributed by atoms with Crippen molar-refractivity contribution < 1.29 is 4.79 Å². The van der Waals surface area contributed by atoms with Crippen molar-refractivity contribution >= 4 is 49.6 Å². The summed E-state index contributed by atoms with van der Waals surface area (Å²) < 4.78 is 3.19. The van der Waals surface area contributed by atoms with Crippen LogP contribution in [0.5, 0.6) is 0 Å². The molecule has 4 aromatic rings. The maximum Gasteiger partial charge on any atom is 0.185 e. The molecule has 1 aromatic heterocycles. The third-order valence-corrected chi connectivity index (χ3v) is 5.02. The highest BCUT2D eigenvalue weighted by Gasteiger charge is 2.10. The van der Waals surface area contributed by atoms with Gasteiger partial charge in [-0.1, -0.05) is 52.3 Å². The van der Waals surface area contributed by atoms with Crippen molar-refractivity contribution in [3.63, 3.8) is 0 Å². The second-order valence-corrected chi connectivity index (χ2v) is 6.97. The quantitative estimate of drug-likeness (QED) is 0.311. The van der Waals surface area contributed by atoms with Gasteiger partial charge in [-0.05, 0) is 48.0 Å². The van der Waals surface area contributed by atoms with Crippen molar-refractivity contribution in [2.75, 3.05) is 0 Å². The molecule has 0 amide bonds. The molecular weight excluding hydrogens is 374 g/mol. The molecule has 2 nitrogen and oxygen atoms in total. The summed E-state index contributed by atoms with van der Waals surface area (Å²) in [7, 11) is 2.06. The lowest BCUT2D eigenvalue weighted by atomic mass is 10.1. The zero-order valence-electron chi connectivity index (χ0n) is 13.7. The highest BCUT2D eigenvalue weighted by Crippen LogP contribution is 2.28. The zero-order valence-corrected chi connectivity index (χ0v) is 15.3. The van der Waals surface area contributed by atoms with Crippen LogP contribution < -0.4 is 0 Å². The van der Waals surface area contributed by atoms with Gasteiger partial charge < -0.3 is 4.57 Å². The summed E-state index contributed by atoms with van der Waals surface area (Å²) in [6.07, 6.45) is 3.48. The Bertz CT molecular complexity index is 1120. The zero-order chi connectivity index (χ0) is 17.4. The Morgan fingerprint density at radius 1 is 0.920 bits per heavy atom. The number of rotatable bonds is 3. The maximum atomic E-state index is 12.6. The van der Waals surface area contributed by atoms with Crippen LogP contribution in [-0.2, 0) is 7.05 Å². The number of para-hydroxylation sites is 1. The molecule has 0 fully saturated rings. The Morgan fingerprint density at radius 2 is 1.64 bits per heavy atom. The summed E-state index contributed by atoms with van der Waals surface area (Å²) in [5.74, 6) is 0.0118. The number of hydrogen-bond acceptors (Lipinski definition) is 1. The number of aromatic nitrogens is 1. The third-order valence-electron chi connectivity index (χ3n) is 4.50. The molecule has 4 rings (SSSR count). The molecule has 0 saturated heterocycles. The van der Waals surface area contributed by atoms with Gasteiger partial charge >= 0.3 is 0 Å². The summed E-state index contributed by atoms with van der Waals surface area (Å²) in [6, 6.07) is 22.1. The lowest BCUT2D eigenvalue weighted by molar-refractivity contribution is 0.104. The topological polar surface area (TPSA) is 22.0 Å². The number of nitrogens with zero attached hydrogens (tertiary/aromatic N) is 1. The molecule has 0 aliphatic rings. The Morgan fingerprint density at radius 3 is 2.44 bits per heavy atom. The van der Waals surface area contributed by atoms with Crippen molar-refractivity contribution in [1.82, 2.24) is 4.57 Å². The number of aryl methyl sites for hydroxylation is 1. The Kier molecular flexibility index (Phi) is 4.02. The van der Waals surface area contributed by atoms with Gasteiger partial charge in [0, 0.05) is 38.9 Å². The molecule has 25 heavy (non-hydrogen) atoms. The first kappa shape index (κ1) is 15.9. The van der Waals surface area contributed by atoms with Gasteiger partial charge in [0.1, 0.15) is 0 Å². The van der Waals surface area contributed by atoms with Crippen LogP contribution in [0.2, 0.25) is 0 Å². The molecule has 0 spiro atoms. The predicted molar refractivity (Wildman–Crippen MR) is 108 cm³/mol. The average Bonchev–Trinajstić information content (AvgIpc) is 2.93. The molecule has 0 unspecified atom stereocenters. The molecule has 0 saturated carbocycles. The van der Waals surface area contributed by atoms with E-state index in [1.54, 1.807) is 6.08 Å². The fourth-order valence-electron chi connectivity index (χ4n) is 3.16. The second-order valence-electron chi connectivity index (χ2n) is 6.06. The van der Waals surface area contributed by atoms with Crippen LogP contribution in [0.3, 0.4) is 0 Å². The highest BCUT2D eigenvalue weighted by molar-refractivity contribution is 9.10. The number of halogens is 1. The first-order valence-electron chi connectivity index (χ1n) is 8.08. The number of allylic oxidation sites excluding steroid dienone is 1. The summed E-state index contributed by atoms with van der Waals surface area (Å²) in [4.78, 5) is 12.6. The van der Waals surface area contributed by atoms with Gasteiger partial charge in [-0.15, -0.1) is 0 Å². The van der Waals surface area contributed by atoms with E-state index in [-0.39, 0.29) is 5.78 Å². The number of carbonyl (C=O) groups excluding carboxylic acids is 1. The lowest BCUT2D eigenvalue weighted by Gasteiger charge is -2.00. The second kappa shape index (κ2) is 6.34. The van der Waals surface area contributed by atoms with Gasteiger partial charge in [-0.2, -0.15) is 0 Å². The fourth-order valence-corrected chi connectivity index (χ4v) is 3.43. The van der Waals surface area contributed by atoms with Gasteiger partial charge in [0.05, 0.1) is 0 Å². The standard InChI is InChI=1S/C22H16BrNO/c1-24-20-5-3-2-4-18(20)19-14-16(9-12-21(19)24)22(25)13-8-15-6-10-17(23)11-7-15/h2-14H,1H3/b13-8+. The molecule has 3 heteroatoms. The first-order chi connectivity index (χ1) is 12.1. The van der Waals surface area contributed by atoms with Crippen LogP contribution in [0.1, 0.15) is 15.9 Å². The molecule has 122 valence electrons. The molecule has 0 atom stereocenters. The highest BCUT2D eigenvalue weighted by atomic mass is 79.9. The van der Waals surface area contributed by atoms with Crippen molar-refractivity contribution in [2.45, 2.75) is 0 Å². The van der Waals surface area contributed by atoms with Crippen LogP contribution >= 0.6 is 15.9 Å². The van der Waals surface area contributed by atoms with E-state index in [1.807, 2.05) is 60.7 Å². The van der Waals surface area contributed by atoms with Crippen molar-refractivity contribution in [3.05, 3.63) is 88.4 Å². The van der Waals surface area contributed by atoms with E-state index in [4.69, 9.17) is 0 Å². The minimum Gasteiger partial charge on any atom is -0.344 e. The number of carbonyl (C=O) groups is 1. The van der Waals surface area contributed by atoms with Crippen LogP contribution in [0.25, 0.3) is 27.9 Å². The third kappa shape index (κ3) is 2.92. The largest absolute Gasteiger partial charge is 0.344 e. The van der Waals surface area contributed by atoms with Gasteiger partial charge in [-0.3, -0.25) is 4.79 Å². The lowest BCUT2D eigenvalue weighted by Crippen LogP contribution is -1.94. The van der Waals surface area contributed by atoms with Gasteiger partial charge in [0.15, 0.2) is 5.78 Å². The molecule has 3 aromatic carbocycles. The molecule has 0 radical (unpaired) electrons. The number of benzene rings is 3. The Hall–Kier alpha value is -2.65. The minimum atomic E-state index is 0.0118. The smallest absolute Gasteiger partial charge is 0.185 e. The molecule has 0 N–H and O–H groups in total. The van der Waals surface area contributed by atoms with E-state index in [0.717, 1.165) is 20.9 Å². The first-order valence-corrected chi connectivity index (χ1v) is 8.88. The van der Waals surface area contributed by atoms with Crippen molar-refractivity contribution in [1.29, 1.82) is 0 Å². The summed E-state index contributed by atoms with van der Waals surface area (Å²) >= 11 is 3.41. The minimum absolute atomic E-state index is 0.0118. The van der Waals surface area contributed by atoms with Crippen LogP contribution in [0.4, 0.5) is 0 Å². The van der Waals surface area contributed by atoms with Crippen molar-refractivity contribution in [2.24, 2.45) is 7.05 Å². The monoisotopic (exact) mass is 389 g/mol. The SMILES string of the molecule is Cn1c2ccccc2c2cc(C(=O)/C=C/c3ccc(Br)cc3)ccc21. The number of ketones is 1. The van der Waals surface area contributed by atoms with E-state index in [9.17, 15) is 4.79 Å². The van der Waals surface area contributed by atoms with Gasteiger partial charge in [0.25, 0.3) is 0 Å². The predicted octanol–water partition coefficient (Wildman–Crippen LogP) is 5.99. The van der Waals surface area contributed by atoms with E-state index in [2.05, 4.69) is 39.7 Å². The molecule has 1 heterocycles. The summed E-state index contributed by atoms with van der Waals surface area (Å²) in [5, 5.41) is 2.28. The van der Waals surface area contributed by atoms with Gasteiger partial charge in [0.2, 0.25) is 0 Å². The van der Waals surface area contributed by atoms with Crippen molar-refractivity contribution in [3.8, 4) is 0 Å². The van der Waals surface area contributed by atoms with Crippen LogP contribution in [-0.4, -0.2) is 10.4 Å².